The molecule has 0 aliphatic heterocycles. The van der Waals surface area contributed by atoms with E-state index in [4.69, 9.17) is 5.11 Å². The van der Waals surface area contributed by atoms with Gasteiger partial charge in [-0.05, 0) is 19.3 Å². The van der Waals surface area contributed by atoms with Gasteiger partial charge < -0.3 is 5.11 Å². The van der Waals surface area contributed by atoms with Crippen molar-refractivity contribution < 1.29 is 9.90 Å². The lowest BCUT2D eigenvalue weighted by atomic mass is 10.1. The van der Waals surface area contributed by atoms with Gasteiger partial charge in [-0.25, -0.2) is 4.79 Å². The monoisotopic (exact) mass is 196 g/mol. The van der Waals surface area contributed by atoms with Gasteiger partial charge in [0.05, 0.1) is 0 Å². The van der Waals surface area contributed by atoms with Crippen LogP contribution in [-0.2, 0) is 4.79 Å². The summed E-state index contributed by atoms with van der Waals surface area (Å²) in [6.45, 7) is 4.21. The highest BCUT2D eigenvalue weighted by atomic mass is 16.4. The van der Waals surface area contributed by atoms with Crippen LogP contribution in [0.2, 0.25) is 0 Å². The van der Waals surface area contributed by atoms with Crippen LogP contribution in [0.25, 0.3) is 0 Å². The minimum atomic E-state index is -0.877. The number of carbonyl (C=O) groups is 1. The maximum absolute atomic E-state index is 10.3. The Balaban J connectivity index is 3.92. The second-order valence-corrected chi connectivity index (χ2v) is 3.30. The predicted molar refractivity (Wildman–Crippen MR) is 59.3 cm³/mol. The summed E-state index contributed by atoms with van der Waals surface area (Å²) in [5, 5.41) is 8.45. The first-order valence-electron chi connectivity index (χ1n) is 5.30. The molecule has 0 aliphatic carbocycles. The molecule has 0 aliphatic rings. The van der Waals surface area contributed by atoms with Crippen molar-refractivity contribution in [3.05, 3.63) is 23.8 Å². The lowest BCUT2D eigenvalue weighted by molar-refractivity contribution is -0.131. The molecular weight excluding hydrogens is 176 g/mol. The predicted octanol–water partition coefficient (Wildman–Crippen LogP) is 3.54. The molecule has 0 fully saturated rings. The van der Waals surface area contributed by atoms with E-state index in [0.717, 1.165) is 18.4 Å². The van der Waals surface area contributed by atoms with E-state index in [2.05, 4.69) is 13.0 Å². The molecular formula is C12H20O2. The smallest absolute Gasteiger partial charge is 0.328 e. The average Bonchev–Trinajstić information content (AvgIpc) is 2.16. The van der Waals surface area contributed by atoms with Gasteiger partial charge in [0.2, 0.25) is 0 Å². The largest absolute Gasteiger partial charge is 0.478 e. The van der Waals surface area contributed by atoms with Crippen LogP contribution in [0.1, 0.15) is 46.0 Å². The summed E-state index contributed by atoms with van der Waals surface area (Å²) in [7, 11) is 0. The number of rotatable bonds is 7. The van der Waals surface area contributed by atoms with Crippen molar-refractivity contribution in [3.8, 4) is 0 Å². The molecule has 80 valence electrons. The van der Waals surface area contributed by atoms with E-state index in [-0.39, 0.29) is 0 Å². The molecule has 0 rings (SSSR count). The van der Waals surface area contributed by atoms with Crippen LogP contribution in [0.3, 0.4) is 0 Å². The summed E-state index contributed by atoms with van der Waals surface area (Å²) in [6, 6.07) is 0. The van der Waals surface area contributed by atoms with E-state index in [9.17, 15) is 4.79 Å². The van der Waals surface area contributed by atoms with Crippen molar-refractivity contribution in [2.24, 2.45) is 0 Å². The summed E-state index contributed by atoms with van der Waals surface area (Å²) in [6.07, 6.45) is 10.6. The van der Waals surface area contributed by atoms with E-state index in [1.807, 2.05) is 6.92 Å². The maximum Gasteiger partial charge on any atom is 0.328 e. The van der Waals surface area contributed by atoms with E-state index in [1.54, 1.807) is 6.08 Å². The number of hydrogen-bond donors (Lipinski definition) is 1. The Morgan fingerprint density at radius 2 is 1.93 bits per heavy atom. The van der Waals surface area contributed by atoms with Gasteiger partial charge in [-0.3, -0.25) is 0 Å². The lowest BCUT2D eigenvalue weighted by Crippen LogP contribution is -1.87. The topological polar surface area (TPSA) is 37.3 Å². The number of hydrogen-bond acceptors (Lipinski definition) is 1. The van der Waals surface area contributed by atoms with Crippen molar-refractivity contribution in [1.82, 2.24) is 0 Å². The third-order valence-corrected chi connectivity index (χ3v) is 2.06. The van der Waals surface area contributed by atoms with Gasteiger partial charge in [0.25, 0.3) is 0 Å². The van der Waals surface area contributed by atoms with Crippen LogP contribution in [0, 0.1) is 0 Å². The zero-order chi connectivity index (χ0) is 10.8. The molecule has 0 spiro atoms. The molecule has 0 aromatic carbocycles. The molecule has 1 N–H and O–H groups in total. The van der Waals surface area contributed by atoms with Crippen molar-refractivity contribution in [2.45, 2.75) is 46.0 Å². The van der Waals surface area contributed by atoms with Crippen LogP contribution >= 0.6 is 0 Å². The van der Waals surface area contributed by atoms with Gasteiger partial charge in [0.15, 0.2) is 0 Å². The second kappa shape index (κ2) is 8.54. The van der Waals surface area contributed by atoms with Crippen molar-refractivity contribution in [2.75, 3.05) is 0 Å². The van der Waals surface area contributed by atoms with Crippen LogP contribution in [0.5, 0.6) is 0 Å². The van der Waals surface area contributed by atoms with E-state index in [1.165, 1.54) is 25.3 Å². The second-order valence-electron chi connectivity index (χ2n) is 3.30. The summed E-state index contributed by atoms with van der Waals surface area (Å²) in [4.78, 5) is 10.3. The zero-order valence-corrected chi connectivity index (χ0v) is 9.12. The molecule has 0 aromatic rings. The fraction of sp³-hybridized carbons (Fsp3) is 0.583. The van der Waals surface area contributed by atoms with Gasteiger partial charge in [0.1, 0.15) is 0 Å². The Hall–Kier alpha value is -1.05. The van der Waals surface area contributed by atoms with Crippen LogP contribution in [-0.4, -0.2) is 11.1 Å². The molecule has 0 bridgehead atoms. The number of carboxylic acids is 1. The van der Waals surface area contributed by atoms with Crippen molar-refractivity contribution >= 4 is 5.97 Å². The zero-order valence-electron chi connectivity index (χ0n) is 9.12. The number of unbranched alkanes of at least 4 members (excludes halogenated alkanes) is 3. The molecule has 14 heavy (non-hydrogen) atoms. The number of allylic oxidation sites excluding steroid dienone is 3. The molecule has 2 heteroatoms. The molecule has 0 aromatic heterocycles. The Labute approximate surface area is 86.3 Å². The van der Waals surface area contributed by atoms with Gasteiger partial charge in [-0.2, -0.15) is 0 Å². The molecule has 0 atom stereocenters. The highest BCUT2D eigenvalue weighted by Gasteiger charge is 1.91. The first-order chi connectivity index (χ1) is 6.70. The molecule has 0 unspecified atom stereocenters. The Morgan fingerprint density at radius 1 is 1.21 bits per heavy atom. The Bertz CT molecular complexity index is 214. The summed E-state index contributed by atoms with van der Waals surface area (Å²) < 4.78 is 0. The summed E-state index contributed by atoms with van der Waals surface area (Å²) in [5.41, 5.74) is 1.11. The quantitative estimate of drug-likeness (QED) is 0.384. The van der Waals surface area contributed by atoms with Crippen molar-refractivity contribution in [1.29, 1.82) is 0 Å². The molecule has 0 saturated carbocycles. The fourth-order valence-corrected chi connectivity index (χ4v) is 1.19. The first-order valence-corrected chi connectivity index (χ1v) is 5.30. The molecule has 0 amide bonds. The maximum atomic E-state index is 10.3. The van der Waals surface area contributed by atoms with Crippen LogP contribution in [0.4, 0.5) is 0 Å². The Morgan fingerprint density at radius 3 is 2.43 bits per heavy atom. The van der Waals surface area contributed by atoms with Gasteiger partial charge >= 0.3 is 5.97 Å². The fourth-order valence-electron chi connectivity index (χ4n) is 1.19. The standard InChI is InChI=1S/C12H20O2/c1-3-5-6-7-8-11(4-2)9-10-12(13)14/h8-10H,3-7H2,1-2H3,(H,13,14)/b10-9-,11-8+. The Kier molecular flexibility index (Phi) is 7.90. The summed E-state index contributed by atoms with van der Waals surface area (Å²) in [5.74, 6) is -0.877. The third kappa shape index (κ3) is 7.59. The minimum Gasteiger partial charge on any atom is -0.478 e. The summed E-state index contributed by atoms with van der Waals surface area (Å²) >= 11 is 0. The highest BCUT2D eigenvalue weighted by Crippen LogP contribution is 2.07. The number of carboxylic acid groups (broad SMARTS) is 1. The van der Waals surface area contributed by atoms with Crippen molar-refractivity contribution in [3.63, 3.8) is 0 Å². The normalized spacial score (nSPS) is 12.3. The van der Waals surface area contributed by atoms with Gasteiger partial charge in [-0.15, -0.1) is 0 Å². The lowest BCUT2D eigenvalue weighted by Gasteiger charge is -1.97. The molecule has 0 heterocycles. The van der Waals surface area contributed by atoms with E-state index >= 15 is 0 Å². The number of aliphatic carboxylic acids is 1. The first kappa shape index (κ1) is 12.9. The van der Waals surface area contributed by atoms with Crippen LogP contribution in [0.15, 0.2) is 23.8 Å². The third-order valence-electron chi connectivity index (χ3n) is 2.06. The van der Waals surface area contributed by atoms with E-state index in [0.29, 0.717) is 0 Å². The molecule has 2 nitrogen and oxygen atoms in total. The SMILES string of the molecule is CCCCC/C=C(/C=C\C(=O)O)CC. The van der Waals surface area contributed by atoms with E-state index < -0.39 is 5.97 Å². The van der Waals surface area contributed by atoms with Gasteiger partial charge in [-0.1, -0.05) is 44.4 Å². The van der Waals surface area contributed by atoms with Gasteiger partial charge in [0, 0.05) is 6.08 Å². The highest BCUT2D eigenvalue weighted by molar-refractivity contribution is 5.80. The van der Waals surface area contributed by atoms with Crippen LogP contribution < -0.4 is 0 Å². The molecule has 0 radical (unpaired) electrons. The average molecular weight is 196 g/mol. The molecule has 0 saturated heterocycles. The minimum absolute atomic E-state index is 0.877.